The third-order valence-corrected chi connectivity index (χ3v) is 2.26. The summed E-state index contributed by atoms with van der Waals surface area (Å²) in [6.45, 7) is 1.93. The average molecular weight is 185 g/mol. The summed E-state index contributed by atoms with van der Waals surface area (Å²) in [5.74, 6) is 0. The minimum atomic E-state index is -0.00654. The van der Waals surface area contributed by atoms with E-state index in [1.165, 1.54) is 0 Å². The standard InChI is InChI=1S/C11H11N3/c1-7(13)10-5-9-3-2-8(6-12)4-11(9)14-10/h2-5,7,14H,13H2,1H3/t7-/m1/s1. The number of nitriles is 1. The van der Waals surface area contributed by atoms with Crippen LogP contribution < -0.4 is 5.73 Å². The third-order valence-electron chi connectivity index (χ3n) is 2.26. The largest absolute Gasteiger partial charge is 0.357 e. The molecule has 0 aliphatic rings. The average Bonchev–Trinajstić information content (AvgIpc) is 2.59. The van der Waals surface area contributed by atoms with E-state index in [0.29, 0.717) is 5.56 Å². The highest BCUT2D eigenvalue weighted by atomic mass is 14.8. The summed E-state index contributed by atoms with van der Waals surface area (Å²) in [5.41, 5.74) is 8.38. The molecule has 1 heterocycles. The Morgan fingerprint density at radius 3 is 2.86 bits per heavy atom. The predicted octanol–water partition coefficient (Wildman–Crippen LogP) is 2.06. The molecule has 70 valence electrons. The Hall–Kier alpha value is -1.79. The van der Waals surface area contributed by atoms with Crippen LogP contribution in [0.25, 0.3) is 10.9 Å². The van der Waals surface area contributed by atoms with Gasteiger partial charge in [-0.3, -0.25) is 0 Å². The minimum absolute atomic E-state index is 0.00654. The van der Waals surface area contributed by atoms with Gasteiger partial charge in [-0.15, -0.1) is 0 Å². The van der Waals surface area contributed by atoms with Gasteiger partial charge in [0.2, 0.25) is 0 Å². The van der Waals surface area contributed by atoms with Crippen LogP contribution in [0.1, 0.15) is 24.2 Å². The molecule has 0 aliphatic carbocycles. The molecule has 0 unspecified atom stereocenters. The lowest BCUT2D eigenvalue weighted by Gasteiger charge is -1.98. The molecule has 3 N–H and O–H groups in total. The van der Waals surface area contributed by atoms with E-state index in [4.69, 9.17) is 11.0 Å². The van der Waals surface area contributed by atoms with E-state index in [9.17, 15) is 0 Å². The molecule has 1 aromatic heterocycles. The summed E-state index contributed by atoms with van der Waals surface area (Å²) in [4.78, 5) is 3.19. The number of aromatic amines is 1. The van der Waals surface area contributed by atoms with Crippen LogP contribution in [0, 0.1) is 11.3 Å². The molecular weight excluding hydrogens is 174 g/mol. The fourth-order valence-electron chi connectivity index (χ4n) is 1.46. The summed E-state index contributed by atoms with van der Waals surface area (Å²) in [5, 5.41) is 9.82. The van der Waals surface area contributed by atoms with Gasteiger partial charge in [-0.1, -0.05) is 6.07 Å². The molecule has 2 rings (SSSR count). The van der Waals surface area contributed by atoms with E-state index in [2.05, 4.69) is 11.1 Å². The van der Waals surface area contributed by atoms with Gasteiger partial charge in [-0.25, -0.2) is 0 Å². The van der Waals surface area contributed by atoms with Crippen LogP contribution in [0.2, 0.25) is 0 Å². The number of fused-ring (bicyclic) bond motifs is 1. The van der Waals surface area contributed by atoms with E-state index >= 15 is 0 Å². The van der Waals surface area contributed by atoms with E-state index in [-0.39, 0.29) is 6.04 Å². The van der Waals surface area contributed by atoms with E-state index in [0.717, 1.165) is 16.6 Å². The maximum absolute atomic E-state index is 8.72. The molecule has 0 spiro atoms. The number of nitrogens with one attached hydrogen (secondary N) is 1. The molecule has 1 atom stereocenters. The van der Waals surface area contributed by atoms with E-state index in [1.54, 1.807) is 6.07 Å². The summed E-state index contributed by atoms with van der Waals surface area (Å²) in [6, 6.07) is 9.68. The SMILES string of the molecule is C[C@@H](N)c1cc2ccc(C#N)cc2[nH]1. The number of hydrogen-bond acceptors (Lipinski definition) is 2. The number of hydrogen-bond donors (Lipinski definition) is 2. The fraction of sp³-hybridized carbons (Fsp3) is 0.182. The normalized spacial score (nSPS) is 12.6. The van der Waals surface area contributed by atoms with E-state index in [1.807, 2.05) is 25.1 Å². The summed E-state index contributed by atoms with van der Waals surface area (Å²) >= 11 is 0. The zero-order valence-corrected chi connectivity index (χ0v) is 7.91. The summed E-state index contributed by atoms with van der Waals surface area (Å²) in [7, 11) is 0. The van der Waals surface area contributed by atoms with Crippen LogP contribution >= 0.6 is 0 Å². The number of rotatable bonds is 1. The van der Waals surface area contributed by atoms with Crippen molar-refractivity contribution < 1.29 is 0 Å². The Labute approximate surface area is 82.1 Å². The summed E-state index contributed by atoms with van der Waals surface area (Å²) in [6.07, 6.45) is 0. The molecule has 3 heteroatoms. The number of H-pyrrole nitrogens is 1. The predicted molar refractivity (Wildman–Crippen MR) is 55.6 cm³/mol. The van der Waals surface area contributed by atoms with Crippen LogP contribution in [0.15, 0.2) is 24.3 Å². The number of nitrogens with zero attached hydrogens (tertiary/aromatic N) is 1. The highest BCUT2D eigenvalue weighted by Crippen LogP contribution is 2.19. The highest BCUT2D eigenvalue weighted by molar-refractivity contribution is 5.81. The van der Waals surface area contributed by atoms with Crippen LogP contribution in [-0.2, 0) is 0 Å². The molecule has 0 saturated heterocycles. The van der Waals surface area contributed by atoms with E-state index < -0.39 is 0 Å². The Bertz CT molecular complexity index is 503. The minimum Gasteiger partial charge on any atom is -0.357 e. The fourth-order valence-corrected chi connectivity index (χ4v) is 1.46. The number of nitrogens with two attached hydrogens (primary N) is 1. The maximum Gasteiger partial charge on any atom is 0.0992 e. The molecular formula is C11H11N3. The van der Waals surface area contributed by atoms with Crippen LogP contribution in [0.3, 0.4) is 0 Å². The molecule has 1 aromatic carbocycles. The first-order valence-electron chi connectivity index (χ1n) is 4.49. The lowest BCUT2D eigenvalue weighted by molar-refractivity contribution is 0.792. The quantitative estimate of drug-likeness (QED) is 0.714. The van der Waals surface area contributed by atoms with Crippen molar-refractivity contribution in [2.45, 2.75) is 13.0 Å². The second kappa shape index (κ2) is 3.17. The second-order valence-corrected chi connectivity index (χ2v) is 3.43. The Morgan fingerprint density at radius 2 is 2.21 bits per heavy atom. The van der Waals surface area contributed by atoms with Crippen molar-refractivity contribution in [3.05, 3.63) is 35.5 Å². The Balaban J connectivity index is 2.61. The van der Waals surface area contributed by atoms with Gasteiger partial charge in [0.25, 0.3) is 0 Å². The first-order chi connectivity index (χ1) is 6.70. The molecule has 0 saturated carbocycles. The summed E-state index contributed by atoms with van der Waals surface area (Å²) < 4.78 is 0. The molecule has 3 nitrogen and oxygen atoms in total. The highest BCUT2D eigenvalue weighted by Gasteiger charge is 2.04. The van der Waals surface area contributed by atoms with Crippen LogP contribution in [0.5, 0.6) is 0 Å². The number of benzene rings is 1. The van der Waals surface area contributed by atoms with Crippen LogP contribution in [0.4, 0.5) is 0 Å². The molecule has 0 aliphatic heterocycles. The second-order valence-electron chi connectivity index (χ2n) is 3.43. The van der Waals surface area contributed by atoms with Crippen molar-refractivity contribution in [3.8, 4) is 6.07 Å². The van der Waals surface area contributed by atoms with Gasteiger partial charge < -0.3 is 10.7 Å². The zero-order valence-electron chi connectivity index (χ0n) is 7.91. The lowest BCUT2D eigenvalue weighted by atomic mass is 10.2. The molecule has 0 bridgehead atoms. The lowest BCUT2D eigenvalue weighted by Crippen LogP contribution is -2.04. The smallest absolute Gasteiger partial charge is 0.0992 e. The maximum atomic E-state index is 8.72. The molecule has 0 amide bonds. The van der Waals surface area contributed by atoms with Crippen molar-refractivity contribution in [1.29, 1.82) is 5.26 Å². The van der Waals surface area contributed by atoms with Gasteiger partial charge in [0.1, 0.15) is 0 Å². The van der Waals surface area contributed by atoms with Gasteiger partial charge >= 0.3 is 0 Å². The zero-order chi connectivity index (χ0) is 10.1. The van der Waals surface area contributed by atoms with Gasteiger partial charge in [0.15, 0.2) is 0 Å². The Morgan fingerprint density at radius 1 is 1.43 bits per heavy atom. The van der Waals surface area contributed by atoms with Crippen molar-refractivity contribution >= 4 is 10.9 Å². The molecule has 0 radical (unpaired) electrons. The molecule has 2 aromatic rings. The van der Waals surface area contributed by atoms with Gasteiger partial charge in [-0.05, 0) is 30.5 Å². The van der Waals surface area contributed by atoms with Crippen molar-refractivity contribution in [2.24, 2.45) is 5.73 Å². The third kappa shape index (κ3) is 1.36. The molecule has 14 heavy (non-hydrogen) atoms. The first-order valence-corrected chi connectivity index (χ1v) is 4.49. The topological polar surface area (TPSA) is 65.6 Å². The van der Waals surface area contributed by atoms with Gasteiger partial charge in [-0.2, -0.15) is 5.26 Å². The van der Waals surface area contributed by atoms with Crippen molar-refractivity contribution in [2.75, 3.05) is 0 Å². The van der Waals surface area contributed by atoms with Gasteiger partial charge in [0.05, 0.1) is 11.6 Å². The van der Waals surface area contributed by atoms with Crippen molar-refractivity contribution in [1.82, 2.24) is 4.98 Å². The van der Waals surface area contributed by atoms with Crippen molar-refractivity contribution in [3.63, 3.8) is 0 Å². The first kappa shape index (κ1) is 8.79. The monoisotopic (exact) mass is 185 g/mol. The van der Waals surface area contributed by atoms with Gasteiger partial charge in [0, 0.05) is 17.3 Å². The Kier molecular flexibility index (Phi) is 1.99. The number of aromatic nitrogens is 1. The van der Waals surface area contributed by atoms with Crippen LogP contribution in [-0.4, -0.2) is 4.98 Å². The molecule has 0 fully saturated rings.